The normalized spacial score (nSPS) is 17.5. The Bertz CT molecular complexity index is 408. The van der Waals surface area contributed by atoms with Gasteiger partial charge in [0.1, 0.15) is 4.75 Å². The van der Waals surface area contributed by atoms with E-state index in [0.717, 1.165) is 23.3 Å². The average Bonchev–Trinajstić information content (AvgIpc) is 2.92. The third kappa shape index (κ3) is 2.02. The van der Waals surface area contributed by atoms with Gasteiger partial charge in [0, 0.05) is 4.90 Å². The van der Waals surface area contributed by atoms with Gasteiger partial charge in [-0.3, -0.25) is 4.79 Å². The molecular formula is C12H14O2S. The Balaban J connectivity index is 2.24. The van der Waals surface area contributed by atoms with Crippen LogP contribution in [0.25, 0.3) is 0 Å². The molecule has 1 N–H and O–H groups in total. The molecule has 2 rings (SSSR count). The van der Waals surface area contributed by atoms with Crippen LogP contribution >= 0.6 is 11.8 Å². The largest absolute Gasteiger partial charge is 0.480 e. The fourth-order valence-electron chi connectivity index (χ4n) is 1.50. The molecule has 0 aromatic heterocycles. The van der Waals surface area contributed by atoms with E-state index >= 15 is 0 Å². The Morgan fingerprint density at radius 1 is 1.40 bits per heavy atom. The molecule has 1 aliphatic rings. The van der Waals surface area contributed by atoms with E-state index in [1.807, 2.05) is 13.8 Å². The molecule has 1 aliphatic carbocycles. The van der Waals surface area contributed by atoms with Crippen molar-refractivity contribution in [2.45, 2.75) is 36.3 Å². The second-order valence-electron chi connectivity index (χ2n) is 4.17. The van der Waals surface area contributed by atoms with Gasteiger partial charge in [0.2, 0.25) is 0 Å². The monoisotopic (exact) mass is 222 g/mol. The number of rotatable bonds is 3. The van der Waals surface area contributed by atoms with Crippen LogP contribution in [0.3, 0.4) is 0 Å². The van der Waals surface area contributed by atoms with Crippen LogP contribution in [-0.4, -0.2) is 15.8 Å². The topological polar surface area (TPSA) is 37.3 Å². The predicted octanol–water partition coefficient (Wildman–Crippen LogP) is 3.01. The van der Waals surface area contributed by atoms with Crippen molar-refractivity contribution < 1.29 is 9.90 Å². The maximum absolute atomic E-state index is 11.1. The van der Waals surface area contributed by atoms with E-state index in [2.05, 4.69) is 18.2 Å². The van der Waals surface area contributed by atoms with E-state index in [1.165, 1.54) is 17.3 Å². The maximum Gasteiger partial charge on any atom is 0.320 e. The molecule has 1 aromatic carbocycles. The summed E-state index contributed by atoms with van der Waals surface area (Å²) in [6.45, 7) is 4.06. The number of hydrogen-bond donors (Lipinski definition) is 1. The van der Waals surface area contributed by atoms with E-state index in [-0.39, 0.29) is 0 Å². The van der Waals surface area contributed by atoms with Crippen LogP contribution in [0.2, 0.25) is 0 Å². The first-order valence-corrected chi connectivity index (χ1v) is 5.85. The lowest BCUT2D eigenvalue weighted by molar-refractivity contribution is -0.137. The number of carboxylic acids is 1. The van der Waals surface area contributed by atoms with Gasteiger partial charge >= 0.3 is 5.97 Å². The highest BCUT2D eigenvalue weighted by atomic mass is 32.2. The number of hydrogen-bond acceptors (Lipinski definition) is 2. The molecular weight excluding hydrogens is 208 g/mol. The van der Waals surface area contributed by atoms with Crippen LogP contribution in [0.4, 0.5) is 0 Å². The standard InChI is InChI=1S/C12H14O2S/c1-8-3-4-9(2)10(7-8)15-12(5-6-12)11(13)14/h3-4,7H,5-6H2,1-2H3,(H,13,14). The zero-order chi connectivity index (χ0) is 11.1. The second kappa shape index (κ2) is 3.56. The SMILES string of the molecule is Cc1ccc(C)c(SC2(C(=O)O)CC2)c1. The van der Waals surface area contributed by atoms with Crippen molar-refractivity contribution in [2.24, 2.45) is 0 Å². The lowest BCUT2D eigenvalue weighted by Crippen LogP contribution is -2.17. The first kappa shape index (κ1) is 10.6. The summed E-state index contributed by atoms with van der Waals surface area (Å²) in [5.74, 6) is -0.673. The maximum atomic E-state index is 11.1. The third-order valence-corrected chi connectivity index (χ3v) is 4.38. The van der Waals surface area contributed by atoms with E-state index in [0.29, 0.717) is 0 Å². The fourth-order valence-corrected chi connectivity index (χ4v) is 2.79. The minimum absolute atomic E-state index is 0.529. The summed E-state index contributed by atoms with van der Waals surface area (Å²) in [5, 5.41) is 9.10. The predicted molar refractivity (Wildman–Crippen MR) is 61.4 cm³/mol. The van der Waals surface area contributed by atoms with Crippen LogP contribution in [-0.2, 0) is 4.79 Å². The molecule has 1 fully saturated rings. The van der Waals surface area contributed by atoms with E-state index in [1.54, 1.807) is 0 Å². The molecule has 0 aliphatic heterocycles. The molecule has 0 unspecified atom stereocenters. The molecule has 80 valence electrons. The average molecular weight is 222 g/mol. The lowest BCUT2D eigenvalue weighted by Gasteiger charge is -2.12. The minimum Gasteiger partial charge on any atom is -0.480 e. The van der Waals surface area contributed by atoms with Crippen molar-refractivity contribution in [1.29, 1.82) is 0 Å². The quantitative estimate of drug-likeness (QED) is 0.854. The van der Waals surface area contributed by atoms with Crippen molar-refractivity contribution in [3.63, 3.8) is 0 Å². The Hall–Kier alpha value is -0.960. The molecule has 1 saturated carbocycles. The van der Waals surface area contributed by atoms with Gasteiger partial charge in [-0.05, 0) is 38.3 Å². The number of thioether (sulfide) groups is 1. The van der Waals surface area contributed by atoms with Crippen LogP contribution < -0.4 is 0 Å². The fraction of sp³-hybridized carbons (Fsp3) is 0.417. The molecule has 15 heavy (non-hydrogen) atoms. The Labute approximate surface area is 93.7 Å². The summed E-state index contributed by atoms with van der Waals surface area (Å²) in [6.07, 6.45) is 1.58. The number of carbonyl (C=O) groups is 1. The molecule has 1 aromatic rings. The van der Waals surface area contributed by atoms with Crippen molar-refractivity contribution in [1.82, 2.24) is 0 Å². The van der Waals surface area contributed by atoms with Crippen molar-refractivity contribution in [3.05, 3.63) is 29.3 Å². The smallest absolute Gasteiger partial charge is 0.320 e. The molecule has 3 heteroatoms. The van der Waals surface area contributed by atoms with E-state index < -0.39 is 10.7 Å². The summed E-state index contributed by atoms with van der Waals surface area (Å²) >= 11 is 1.51. The third-order valence-electron chi connectivity index (χ3n) is 2.74. The van der Waals surface area contributed by atoms with Gasteiger partial charge in [-0.15, -0.1) is 11.8 Å². The zero-order valence-electron chi connectivity index (χ0n) is 8.91. The van der Waals surface area contributed by atoms with Gasteiger partial charge in [-0.2, -0.15) is 0 Å². The first-order valence-electron chi connectivity index (χ1n) is 5.03. The van der Waals surface area contributed by atoms with E-state index in [9.17, 15) is 4.79 Å². The highest BCUT2D eigenvalue weighted by Crippen LogP contribution is 2.52. The van der Waals surface area contributed by atoms with Gasteiger partial charge < -0.3 is 5.11 Å². The van der Waals surface area contributed by atoms with Crippen LogP contribution in [0, 0.1) is 13.8 Å². The molecule has 2 nitrogen and oxygen atoms in total. The van der Waals surface area contributed by atoms with Gasteiger partial charge in [-0.25, -0.2) is 0 Å². The highest BCUT2D eigenvalue weighted by molar-refractivity contribution is 8.01. The molecule has 0 saturated heterocycles. The highest BCUT2D eigenvalue weighted by Gasteiger charge is 2.51. The van der Waals surface area contributed by atoms with Crippen LogP contribution in [0.1, 0.15) is 24.0 Å². The Morgan fingerprint density at radius 2 is 2.07 bits per heavy atom. The number of aryl methyl sites for hydroxylation is 2. The van der Waals surface area contributed by atoms with Gasteiger partial charge in [0.15, 0.2) is 0 Å². The molecule has 0 amide bonds. The zero-order valence-corrected chi connectivity index (χ0v) is 9.73. The van der Waals surface area contributed by atoms with Crippen molar-refractivity contribution >= 4 is 17.7 Å². The Morgan fingerprint density at radius 3 is 2.60 bits per heavy atom. The summed E-state index contributed by atoms with van der Waals surface area (Å²) in [5.41, 5.74) is 2.35. The molecule has 0 spiro atoms. The number of aliphatic carboxylic acids is 1. The lowest BCUT2D eigenvalue weighted by atomic mass is 10.2. The first-order chi connectivity index (χ1) is 7.03. The molecule has 0 radical (unpaired) electrons. The summed E-state index contributed by atoms with van der Waals surface area (Å²) in [4.78, 5) is 12.2. The van der Waals surface area contributed by atoms with Crippen LogP contribution in [0.5, 0.6) is 0 Å². The summed E-state index contributed by atoms with van der Waals surface area (Å²) in [6, 6.07) is 6.18. The molecule has 0 heterocycles. The second-order valence-corrected chi connectivity index (χ2v) is 5.60. The minimum atomic E-state index is -0.673. The molecule has 0 bridgehead atoms. The Kier molecular flexibility index (Phi) is 2.51. The number of carboxylic acid groups (broad SMARTS) is 1. The summed E-state index contributed by atoms with van der Waals surface area (Å²) in [7, 11) is 0. The van der Waals surface area contributed by atoms with Crippen molar-refractivity contribution in [3.8, 4) is 0 Å². The van der Waals surface area contributed by atoms with Crippen LogP contribution in [0.15, 0.2) is 23.1 Å². The van der Waals surface area contributed by atoms with Crippen molar-refractivity contribution in [2.75, 3.05) is 0 Å². The number of benzene rings is 1. The van der Waals surface area contributed by atoms with Gasteiger partial charge in [0.25, 0.3) is 0 Å². The van der Waals surface area contributed by atoms with Gasteiger partial charge in [0.05, 0.1) is 0 Å². The van der Waals surface area contributed by atoms with Gasteiger partial charge in [-0.1, -0.05) is 17.7 Å². The summed E-state index contributed by atoms with van der Waals surface area (Å²) < 4.78 is -0.529. The molecule has 0 atom stereocenters. The van der Waals surface area contributed by atoms with E-state index in [4.69, 9.17) is 5.11 Å².